The van der Waals surface area contributed by atoms with Crippen molar-refractivity contribution in [2.45, 2.75) is 32.5 Å². The average Bonchev–Trinajstić information content (AvgIpc) is 3.04. The summed E-state index contributed by atoms with van der Waals surface area (Å²) in [6, 6.07) is 15.5. The normalized spacial score (nSPS) is 15.8. The number of nitrogens with zero attached hydrogens (tertiary/aromatic N) is 1. The minimum atomic E-state index is -0.0983. The number of benzene rings is 2. The first-order valence-electron chi connectivity index (χ1n) is 8.48. The van der Waals surface area contributed by atoms with Crippen LogP contribution in [0.5, 0.6) is 5.75 Å². The Kier molecular flexibility index (Phi) is 4.14. The van der Waals surface area contributed by atoms with Gasteiger partial charge >= 0.3 is 0 Å². The van der Waals surface area contributed by atoms with Gasteiger partial charge in [0, 0.05) is 11.9 Å². The highest BCUT2D eigenvalue weighted by Crippen LogP contribution is 2.38. The molecule has 0 aliphatic carbocycles. The molecule has 1 N–H and O–H groups in total. The second-order valence-electron chi connectivity index (χ2n) is 6.26. The van der Waals surface area contributed by atoms with Gasteiger partial charge in [-0.3, -0.25) is 4.79 Å². The molecule has 0 radical (unpaired) electrons. The van der Waals surface area contributed by atoms with E-state index in [9.17, 15) is 4.79 Å². The lowest BCUT2D eigenvalue weighted by atomic mass is 10.2. The van der Waals surface area contributed by atoms with Crippen LogP contribution in [-0.4, -0.2) is 16.6 Å². The molecule has 1 aliphatic heterocycles. The van der Waals surface area contributed by atoms with Crippen LogP contribution in [0.1, 0.15) is 29.4 Å². The van der Waals surface area contributed by atoms with Crippen molar-refractivity contribution in [2.75, 3.05) is 0 Å². The SMILES string of the molecule is CC[C@@H]1Cn2c(C(=O)NCc3ccccc3)cc3c(Cl)ccc(c32)O1. The van der Waals surface area contributed by atoms with Gasteiger partial charge in [0.15, 0.2) is 0 Å². The molecular weight excluding hydrogens is 336 g/mol. The van der Waals surface area contributed by atoms with E-state index < -0.39 is 0 Å². The van der Waals surface area contributed by atoms with Crippen LogP contribution in [-0.2, 0) is 13.1 Å². The molecule has 0 spiro atoms. The molecule has 1 amide bonds. The Morgan fingerprint density at radius 1 is 1.28 bits per heavy atom. The fourth-order valence-corrected chi connectivity index (χ4v) is 3.50. The van der Waals surface area contributed by atoms with Crippen LogP contribution in [0.3, 0.4) is 0 Å². The van der Waals surface area contributed by atoms with Crippen molar-refractivity contribution < 1.29 is 9.53 Å². The minimum absolute atomic E-state index is 0.0601. The van der Waals surface area contributed by atoms with Gasteiger partial charge in [0.1, 0.15) is 17.5 Å². The Morgan fingerprint density at radius 2 is 2.08 bits per heavy atom. The Bertz CT molecular complexity index is 934. The first-order valence-corrected chi connectivity index (χ1v) is 8.85. The van der Waals surface area contributed by atoms with E-state index >= 15 is 0 Å². The molecule has 0 saturated carbocycles. The molecule has 0 fully saturated rings. The summed E-state index contributed by atoms with van der Waals surface area (Å²) >= 11 is 6.34. The van der Waals surface area contributed by atoms with Crippen molar-refractivity contribution >= 4 is 28.4 Å². The van der Waals surface area contributed by atoms with E-state index in [1.165, 1.54) is 0 Å². The van der Waals surface area contributed by atoms with Crippen LogP contribution in [0.15, 0.2) is 48.5 Å². The van der Waals surface area contributed by atoms with Crippen molar-refractivity contribution in [2.24, 2.45) is 0 Å². The predicted octanol–water partition coefficient (Wildman–Crippen LogP) is 4.40. The van der Waals surface area contributed by atoms with Gasteiger partial charge in [-0.2, -0.15) is 0 Å². The monoisotopic (exact) mass is 354 g/mol. The summed E-state index contributed by atoms with van der Waals surface area (Å²) < 4.78 is 8.06. The number of amides is 1. The molecule has 1 atom stereocenters. The van der Waals surface area contributed by atoms with Gasteiger partial charge in [-0.1, -0.05) is 48.9 Å². The fourth-order valence-electron chi connectivity index (χ4n) is 3.29. The highest BCUT2D eigenvalue weighted by molar-refractivity contribution is 6.36. The van der Waals surface area contributed by atoms with E-state index in [4.69, 9.17) is 16.3 Å². The molecule has 2 aromatic carbocycles. The number of hydrogen-bond acceptors (Lipinski definition) is 2. The third-order valence-electron chi connectivity index (χ3n) is 4.63. The van der Waals surface area contributed by atoms with Crippen LogP contribution >= 0.6 is 11.6 Å². The zero-order chi connectivity index (χ0) is 17.4. The molecular formula is C20H19ClN2O2. The summed E-state index contributed by atoms with van der Waals surface area (Å²) in [5.74, 6) is 0.693. The zero-order valence-electron chi connectivity index (χ0n) is 14.0. The summed E-state index contributed by atoms with van der Waals surface area (Å²) in [6.07, 6.45) is 0.942. The Labute approximate surface area is 151 Å². The molecule has 0 saturated heterocycles. The number of ether oxygens (including phenoxy) is 1. The Balaban J connectivity index is 1.69. The molecule has 4 rings (SSSR count). The van der Waals surface area contributed by atoms with E-state index in [1.807, 2.05) is 53.1 Å². The number of halogens is 1. The van der Waals surface area contributed by atoms with Gasteiger partial charge in [0.25, 0.3) is 5.91 Å². The maximum Gasteiger partial charge on any atom is 0.268 e. The van der Waals surface area contributed by atoms with E-state index in [1.54, 1.807) is 0 Å². The lowest BCUT2D eigenvalue weighted by molar-refractivity contribution is 0.0935. The van der Waals surface area contributed by atoms with E-state index in [0.717, 1.165) is 28.6 Å². The summed E-state index contributed by atoms with van der Waals surface area (Å²) in [4.78, 5) is 12.8. The number of rotatable bonds is 4. The van der Waals surface area contributed by atoms with E-state index in [-0.39, 0.29) is 12.0 Å². The molecule has 1 aliphatic rings. The van der Waals surface area contributed by atoms with Gasteiger partial charge in [-0.15, -0.1) is 0 Å². The summed E-state index contributed by atoms with van der Waals surface area (Å²) in [7, 11) is 0. The van der Waals surface area contributed by atoms with Crippen LogP contribution in [0, 0.1) is 0 Å². The number of nitrogens with one attached hydrogen (secondary N) is 1. The van der Waals surface area contributed by atoms with E-state index in [0.29, 0.717) is 23.8 Å². The molecule has 25 heavy (non-hydrogen) atoms. The number of carbonyl (C=O) groups excluding carboxylic acids is 1. The van der Waals surface area contributed by atoms with Crippen molar-refractivity contribution in [3.8, 4) is 5.75 Å². The van der Waals surface area contributed by atoms with Gasteiger partial charge in [-0.25, -0.2) is 0 Å². The molecule has 0 bridgehead atoms. The first-order chi connectivity index (χ1) is 12.2. The van der Waals surface area contributed by atoms with Crippen molar-refractivity contribution in [3.63, 3.8) is 0 Å². The quantitative estimate of drug-likeness (QED) is 0.754. The lowest BCUT2D eigenvalue weighted by Crippen LogP contribution is -2.31. The summed E-state index contributed by atoms with van der Waals surface area (Å²) in [5, 5.41) is 4.50. The number of aromatic nitrogens is 1. The van der Waals surface area contributed by atoms with E-state index in [2.05, 4.69) is 12.2 Å². The lowest BCUT2D eigenvalue weighted by Gasteiger charge is -2.26. The molecule has 128 valence electrons. The van der Waals surface area contributed by atoms with Crippen LogP contribution in [0.2, 0.25) is 5.02 Å². The Hall–Kier alpha value is -2.46. The topological polar surface area (TPSA) is 43.3 Å². The number of hydrogen-bond donors (Lipinski definition) is 1. The highest BCUT2D eigenvalue weighted by atomic mass is 35.5. The maximum atomic E-state index is 12.8. The smallest absolute Gasteiger partial charge is 0.268 e. The molecule has 0 unspecified atom stereocenters. The van der Waals surface area contributed by atoms with Crippen LogP contribution < -0.4 is 10.1 Å². The van der Waals surface area contributed by atoms with Gasteiger partial charge < -0.3 is 14.6 Å². The maximum absolute atomic E-state index is 12.8. The standard InChI is InChI=1S/C20H19ClN2O2/c1-2-14-12-23-17(20(24)22-11-13-6-4-3-5-7-13)10-15-16(21)8-9-18(25-14)19(15)23/h3-10,14H,2,11-12H2,1H3,(H,22,24)/t14-/m1/s1. The average molecular weight is 355 g/mol. The third-order valence-corrected chi connectivity index (χ3v) is 4.96. The summed E-state index contributed by atoms with van der Waals surface area (Å²) in [6.45, 7) is 3.23. The molecule has 4 nitrogen and oxygen atoms in total. The summed E-state index contributed by atoms with van der Waals surface area (Å²) in [5.41, 5.74) is 2.60. The van der Waals surface area contributed by atoms with Crippen molar-refractivity contribution in [3.05, 3.63) is 64.8 Å². The largest absolute Gasteiger partial charge is 0.486 e. The van der Waals surface area contributed by atoms with Crippen molar-refractivity contribution in [1.82, 2.24) is 9.88 Å². The fraction of sp³-hybridized carbons (Fsp3) is 0.250. The highest BCUT2D eigenvalue weighted by Gasteiger charge is 2.26. The second-order valence-corrected chi connectivity index (χ2v) is 6.67. The van der Waals surface area contributed by atoms with Crippen LogP contribution in [0.25, 0.3) is 10.9 Å². The minimum Gasteiger partial charge on any atom is -0.486 e. The predicted molar refractivity (Wildman–Crippen MR) is 99.3 cm³/mol. The molecule has 5 heteroatoms. The van der Waals surface area contributed by atoms with Gasteiger partial charge in [0.05, 0.1) is 17.1 Å². The van der Waals surface area contributed by atoms with Gasteiger partial charge in [0.2, 0.25) is 0 Å². The molecule has 2 heterocycles. The number of carbonyl (C=O) groups is 1. The van der Waals surface area contributed by atoms with Crippen LogP contribution in [0.4, 0.5) is 0 Å². The second kappa shape index (κ2) is 6.45. The Morgan fingerprint density at radius 3 is 2.84 bits per heavy atom. The molecule has 3 aromatic rings. The van der Waals surface area contributed by atoms with Crippen molar-refractivity contribution in [1.29, 1.82) is 0 Å². The first kappa shape index (κ1) is 16.0. The third kappa shape index (κ3) is 2.87. The van der Waals surface area contributed by atoms with Gasteiger partial charge in [-0.05, 0) is 30.2 Å². The zero-order valence-corrected chi connectivity index (χ0v) is 14.7. The molecule has 1 aromatic heterocycles.